The van der Waals surface area contributed by atoms with E-state index in [1.165, 1.54) is 17.0 Å². The molecule has 1 aromatic rings. The minimum absolute atomic E-state index is 0.198. The quantitative estimate of drug-likeness (QED) is 0.507. The SMILES string of the molecule is CCCCOc1cn(OCCCC)c(C=O)cc1=O. The van der Waals surface area contributed by atoms with Crippen LogP contribution >= 0.6 is 0 Å². The van der Waals surface area contributed by atoms with E-state index < -0.39 is 0 Å². The van der Waals surface area contributed by atoms with Gasteiger partial charge in [-0.2, -0.15) is 4.73 Å². The van der Waals surface area contributed by atoms with E-state index in [0.717, 1.165) is 25.7 Å². The maximum atomic E-state index is 11.7. The standard InChI is InChI=1S/C14H21NO4/c1-3-5-7-18-14-10-15(19-8-6-4-2)12(11-16)9-13(14)17/h9-11H,3-8H2,1-2H3. The van der Waals surface area contributed by atoms with Gasteiger partial charge in [-0.05, 0) is 12.8 Å². The van der Waals surface area contributed by atoms with Crippen molar-refractivity contribution in [1.29, 1.82) is 0 Å². The minimum Gasteiger partial charge on any atom is -0.488 e. The second-order valence-electron chi connectivity index (χ2n) is 4.26. The molecule has 0 bridgehead atoms. The van der Waals surface area contributed by atoms with Crippen molar-refractivity contribution < 1.29 is 14.4 Å². The lowest BCUT2D eigenvalue weighted by atomic mass is 10.3. The normalized spacial score (nSPS) is 10.2. The summed E-state index contributed by atoms with van der Waals surface area (Å²) in [7, 11) is 0. The molecule has 5 nitrogen and oxygen atoms in total. The first-order valence-corrected chi connectivity index (χ1v) is 6.70. The first-order chi connectivity index (χ1) is 9.22. The summed E-state index contributed by atoms with van der Waals surface area (Å²) < 4.78 is 6.71. The highest BCUT2D eigenvalue weighted by Gasteiger charge is 2.08. The van der Waals surface area contributed by atoms with Gasteiger partial charge >= 0.3 is 0 Å². The predicted molar refractivity (Wildman–Crippen MR) is 72.8 cm³/mol. The van der Waals surface area contributed by atoms with Crippen molar-refractivity contribution in [3.05, 3.63) is 28.2 Å². The molecule has 0 aromatic carbocycles. The topological polar surface area (TPSA) is 57.5 Å². The van der Waals surface area contributed by atoms with E-state index in [4.69, 9.17) is 9.57 Å². The van der Waals surface area contributed by atoms with Crippen LogP contribution in [-0.4, -0.2) is 24.2 Å². The zero-order chi connectivity index (χ0) is 14.1. The Balaban J connectivity index is 2.84. The summed E-state index contributed by atoms with van der Waals surface area (Å²) in [4.78, 5) is 28.1. The van der Waals surface area contributed by atoms with Gasteiger partial charge in [-0.1, -0.05) is 26.7 Å². The zero-order valence-electron chi connectivity index (χ0n) is 11.6. The molecule has 0 fully saturated rings. The molecule has 1 heterocycles. The van der Waals surface area contributed by atoms with Crippen molar-refractivity contribution >= 4 is 6.29 Å². The molecule has 0 N–H and O–H groups in total. The van der Waals surface area contributed by atoms with Crippen LogP contribution in [0.1, 0.15) is 50.0 Å². The van der Waals surface area contributed by atoms with Gasteiger partial charge in [0.25, 0.3) is 0 Å². The molecule has 5 heteroatoms. The molecule has 1 aromatic heterocycles. The van der Waals surface area contributed by atoms with E-state index in [1.54, 1.807) is 0 Å². The largest absolute Gasteiger partial charge is 0.488 e. The highest BCUT2D eigenvalue weighted by molar-refractivity contribution is 5.72. The van der Waals surface area contributed by atoms with E-state index in [9.17, 15) is 9.59 Å². The first-order valence-electron chi connectivity index (χ1n) is 6.70. The Hall–Kier alpha value is -1.78. The summed E-state index contributed by atoms with van der Waals surface area (Å²) in [6, 6.07) is 1.24. The highest BCUT2D eigenvalue weighted by atomic mass is 16.7. The molecule has 19 heavy (non-hydrogen) atoms. The Morgan fingerprint density at radius 2 is 1.89 bits per heavy atom. The van der Waals surface area contributed by atoms with Gasteiger partial charge < -0.3 is 9.57 Å². The zero-order valence-corrected chi connectivity index (χ0v) is 11.6. The smallest absolute Gasteiger partial charge is 0.224 e. The van der Waals surface area contributed by atoms with Gasteiger partial charge in [-0.3, -0.25) is 9.59 Å². The molecule has 1 rings (SSSR count). The number of aromatic nitrogens is 1. The van der Waals surface area contributed by atoms with Gasteiger partial charge in [-0.25, -0.2) is 0 Å². The van der Waals surface area contributed by atoms with Crippen molar-refractivity contribution in [3.8, 4) is 5.75 Å². The number of carbonyl (C=O) groups is 1. The maximum absolute atomic E-state index is 11.7. The van der Waals surface area contributed by atoms with Crippen molar-refractivity contribution in [2.75, 3.05) is 13.2 Å². The fourth-order valence-corrected chi connectivity index (χ4v) is 1.45. The lowest BCUT2D eigenvalue weighted by Crippen LogP contribution is -2.21. The van der Waals surface area contributed by atoms with E-state index >= 15 is 0 Å². The average molecular weight is 267 g/mol. The minimum atomic E-state index is -0.298. The molecule has 0 spiro atoms. The Bertz CT molecular complexity index is 453. The van der Waals surface area contributed by atoms with Gasteiger partial charge in [0.2, 0.25) is 5.43 Å². The van der Waals surface area contributed by atoms with E-state index in [-0.39, 0.29) is 16.9 Å². The number of pyridine rings is 1. The van der Waals surface area contributed by atoms with Gasteiger partial charge in [0.05, 0.1) is 12.8 Å². The molecule has 0 radical (unpaired) electrons. The molecular formula is C14H21NO4. The molecule has 0 saturated carbocycles. The second-order valence-corrected chi connectivity index (χ2v) is 4.26. The van der Waals surface area contributed by atoms with Crippen LogP contribution < -0.4 is 15.0 Å². The van der Waals surface area contributed by atoms with Crippen LogP contribution in [0.2, 0.25) is 0 Å². The Kier molecular flexibility index (Phi) is 6.71. The third-order valence-electron chi connectivity index (χ3n) is 2.62. The fraction of sp³-hybridized carbons (Fsp3) is 0.571. The fourth-order valence-electron chi connectivity index (χ4n) is 1.45. The van der Waals surface area contributed by atoms with Crippen molar-refractivity contribution in [1.82, 2.24) is 4.73 Å². The number of hydrogen-bond donors (Lipinski definition) is 0. The van der Waals surface area contributed by atoms with Gasteiger partial charge in [0.15, 0.2) is 12.0 Å². The highest BCUT2D eigenvalue weighted by Crippen LogP contribution is 2.06. The van der Waals surface area contributed by atoms with E-state index in [1.807, 2.05) is 6.92 Å². The number of unbranched alkanes of at least 4 members (excludes halogenated alkanes) is 2. The molecular weight excluding hydrogens is 246 g/mol. The van der Waals surface area contributed by atoms with Crippen molar-refractivity contribution in [2.45, 2.75) is 39.5 Å². The molecule has 0 saturated heterocycles. The lowest BCUT2D eigenvalue weighted by Gasteiger charge is -2.13. The predicted octanol–water partition coefficient (Wildman–Crippen LogP) is 2.07. The van der Waals surface area contributed by atoms with Crippen LogP contribution in [0.3, 0.4) is 0 Å². The Morgan fingerprint density at radius 3 is 2.53 bits per heavy atom. The van der Waals surface area contributed by atoms with Crippen LogP contribution in [0, 0.1) is 0 Å². The molecule has 106 valence electrons. The van der Waals surface area contributed by atoms with Crippen LogP contribution in [-0.2, 0) is 0 Å². The summed E-state index contributed by atoms with van der Waals surface area (Å²) >= 11 is 0. The summed E-state index contributed by atoms with van der Waals surface area (Å²) in [6.45, 7) is 5.08. The third kappa shape index (κ3) is 4.77. The van der Waals surface area contributed by atoms with Crippen molar-refractivity contribution in [3.63, 3.8) is 0 Å². The van der Waals surface area contributed by atoms with Gasteiger partial charge in [-0.15, -0.1) is 0 Å². The second kappa shape index (κ2) is 8.34. The molecule has 0 amide bonds. The molecule has 0 unspecified atom stereocenters. The van der Waals surface area contributed by atoms with Crippen molar-refractivity contribution in [2.24, 2.45) is 0 Å². The van der Waals surface area contributed by atoms with Crippen LogP contribution in [0.25, 0.3) is 0 Å². The summed E-state index contributed by atoms with van der Waals surface area (Å²) in [5, 5.41) is 0. The van der Waals surface area contributed by atoms with Gasteiger partial charge in [0.1, 0.15) is 12.3 Å². The van der Waals surface area contributed by atoms with Gasteiger partial charge in [0, 0.05) is 6.07 Å². The van der Waals surface area contributed by atoms with Crippen LogP contribution in [0.5, 0.6) is 5.75 Å². The molecule has 0 aliphatic heterocycles. The average Bonchev–Trinajstić information content (AvgIpc) is 2.42. The molecule has 0 atom stereocenters. The number of ether oxygens (including phenoxy) is 1. The summed E-state index contributed by atoms with van der Waals surface area (Å²) in [5.41, 5.74) is -0.0995. The number of nitrogens with zero attached hydrogens (tertiary/aromatic N) is 1. The Morgan fingerprint density at radius 1 is 1.21 bits per heavy atom. The van der Waals surface area contributed by atoms with Crippen LogP contribution in [0.15, 0.2) is 17.1 Å². The lowest BCUT2D eigenvalue weighted by molar-refractivity contribution is 0.0891. The number of hydrogen-bond acceptors (Lipinski definition) is 4. The first kappa shape index (κ1) is 15.3. The Labute approximate surface area is 113 Å². The summed E-state index contributed by atoms with van der Waals surface area (Å²) in [5.74, 6) is 0.218. The van der Waals surface area contributed by atoms with Crippen LogP contribution in [0.4, 0.5) is 0 Å². The molecule has 0 aliphatic carbocycles. The molecule has 0 aliphatic rings. The number of rotatable bonds is 9. The monoisotopic (exact) mass is 267 g/mol. The van der Waals surface area contributed by atoms with E-state index in [0.29, 0.717) is 19.5 Å². The number of aldehydes is 1. The van der Waals surface area contributed by atoms with E-state index in [2.05, 4.69) is 6.92 Å². The summed E-state index contributed by atoms with van der Waals surface area (Å²) in [6.07, 6.45) is 5.80. The maximum Gasteiger partial charge on any atom is 0.224 e. The number of carbonyl (C=O) groups excluding carboxylic acids is 1. The third-order valence-corrected chi connectivity index (χ3v) is 2.62.